The highest BCUT2D eigenvalue weighted by Crippen LogP contribution is 2.52. The molecule has 9 aromatic carbocycles. The summed E-state index contributed by atoms with van der Waals surface area (Å²) in [4.78, 5) is 0. The zero-order valence-electron chi connectivity index (χ0n) is 32.1. The second-order valence-electron chi connectivity index (χ2n) is 15.3. The number of aromatic nitrogens is 2. The van der Waals surface area contributed by atoms with Crippen LogP contribution in [0, 0.1) is 0 Å². The van der Waals surface area contributed by atoms with Crippen LogP contribution in [0.15, 0.2) is 213 Å². The molecule has 1 aliphatic heterocycles. The van der Waals surface area contributed by atoms with Crippen molar-refractivity contribution in [3.05, 3.63) is 224 Å². The highest BCUT2D eigenvalue weighted by atomic mass is 16.5. The van der Waals surface area contributed by atoms with Gasteiger partial charge in [-0.25, -0.2) is 0 Å². The van der Waals surface area contributed by atoms with Crippen molar-refractivity contribution in [3.8, 4) is 45.1 Å². The van der Waals surface area contributed by atoms with Gasteiger partial charge in [0.05, 0.1) is 22.1 Å². The van der Waals surface area contributed by atoms with Gasteiger partial charge in [-0.05, 0) is 99.9 Å². The maximum Gasteiger partial charge on any atom is 0.143 e. The molecule has 3 nitrogen and oxygen atoms in total. The van der Waals surface area contributed by atoms with Crippen molar-refractivity contribution in [2.75, 3.05) is 0 Å². The van der Waals surface area contributed by atoms with Gasteiger partial charge in [0.25, 0.3) is 0 Å². The van der Waals surface area contributed by atoms with E-state index in [2.05, 4.69) is 216 Å². The summed E-state index contributed by atoms with van der Waals surface area (Å²) in [6.45, 7) is 4.16. The number of para-hydroxylation sites is 5. The number of hydrogen-bond donors (Lipinski definition) is 0. The average molecular weight is 753 g/mol. The summed E-state index contributed by atoms with van der Waals surface area (Å²) in [5, 5.41) is 7.20. The molecule has 0 bridgehead atoms. The fraction of sp³-hybridized carbons (Fsp3) is 0. The van der Waals surface area contributed by atoms with E-state index in [-0.39, 0.29) is 0 Å². The third kappa shape index (κ3) is 5.02. The first kappa shape index (κ1) is 33.3. The predicted molar refractivity (Wildman–Crippen MR) is 247 cm³/mol. The smallest absolute Gasteiger partial charge is 0.143 e. The molecule has 0 saturated carbocycles. The Kier molecular flexibility index (Phi) is 7.38. The summed E-state index contributed by atoms with van der Waals surface area (Å²) in [5.74, 6) is 1.72. The van der Waals surface area contributed by atoms with Crippen molar-refractivity contribution in [3.63, 3.8) is 0 Å². The summed E-state index contributed by atoms with van der Waals surface area (Å²) in [7, 11) is 0. The van der Waals surface area contributed by atoms with Gasteiger partial charge in [0, 0.05) is 49.4 Å². The third-order valence-corrected chi connectivity index (χ3v) is 12.1. The lowest BCUT2D eigenvalue weighted by molar-refractivity contribution is 0.485. The number of hydrogen-bond acceptors (Lipinski definition) is 1. The molecule has 12 rings (SSSR count). The van der Waals surface area contributed by atoms with Gasteiger partial charge in [0.2, 0.25) is 0 Å². The molecule has 0 amide bonds. The normalized spacial score (nSPS) is 12.4. The molecule has 0 atom stereocenters. The summed E-state index contributed by atoms with van der Waals surface area (Å²) in [5.41, 5.74) is 14.9. The first-order valence-electron chi connectivity index (χ1n) is 20.1. The van der Waals surface area contributed by atoms with Gasteiger partial charge in [-0.1, -0.05) is 146 Å². The van der Waals surface area contributed by atoms with Crippen molar-refractivity contribution in [1.29, 1.82) is 0 Å². The fourth-order valence-corrected chi connectivity index (χ4v) is 9.57. The van der Waals surface area contributed by atoms with Gasteiger partial charge < -0.3 is 13.9 Å². The number of ether oxygens (including phenoxy) is 1. The maximum absolute atomic E-state index is 7.04. The Bertz CT molecular complexity index is 3530. The predicted octanol–water partition coefficient (Wildman–Crippen LogP) is 15.1. The lowest BCUT2D eigenvalue weighted by Crippen LogP contribution is -2.02. The van der Waals surface area contributed by atoms with Gasteiger partial charge in [-0.15, -0.1) is 0 Å². The van der Waals surface area contributed by atoms with Crippen LogP contribution in [0.1, 0.15) is 11.1 Å². The lowest BCUT2D eigenvalue weighted by Gasteiger charge is -2.25. The van der Waals surface area contributed by atoms with Gasteiger partial charge in [0.1, 0.15) is 11.5 Å². The van der Waals surface area contributed by atoms with Crippen molar-refractivity contribution in [2.45, 2.75) is 0 Å². The number of benzene rings is 9. The SMILES string of the molecule is C=C/C=C(/c1ccc2c(c1)c1ccccc1n2-c1ccccc1)c1cccc2c1Oc1ccc(-c3ccc4c(c3)c3ccccc3n4-c3ccccc3)c3cccc-2c13. The highest BCUT2D eigenvalue weighted by Gasteiger charge is 2.26. The van der Waals surface area contributed by atoms with Crippen LogP contribution >= 0.6 is 0 Å². The van der Waals surface area contributed by atoms with Crippen LogP contribution in [0.3, 0.4) is 0 Å². The molecule has 2 aromatic heterocycles. The molecule has 276 valence electrons. The number of fused-ring (bicyclic) bond motifs is 8. The van der Waals surface area contributed by atoms with Crippen molar-refractivity contribution >= 4 is 60.0 Å². The lowest BCUT2D eigenvalue weighted by atomic mass is 9.87. The Morgan fingerprint density at radius 3 is 1.71 bits per heavy atom. The molecular weight excluding hydrogens is 717 g/mol. The van der Waals surface area contributed by atoms with Gasteiger partial charge in [-0.3, -0.25) is 0 Å². The Hall–Kier alpha value is -7.88. The van der Waals surface area contributed by atoms with Crippen LogP contribution in [0.2, 0.25) is 0 Å². The van der Waals surface area contributed by atoms with Crippen LogP contribution in [-0.2, 0) is 0 Å². The van der Waals surface area contributed by atoms with E-state index in [1.807, 2.05) is 6.08 Å². The van der Waals surface area contributed by atoms with Crippen molar-refractivity contribution < 1.29 is 4.74 Å². The van der Waals surface area contributed by atoms with E-state index in [1.54, 1.807) is 0 Å². The summed E-state index contributed by atoms with van der Waals surface area (Å²) in [6.07, 6.45) is 3.99. The molecule has 0 saturated heterocycles. The minimum atomic E-state index is 0.857. The third-order valence-electron chi connectivity index (χ3n) is 12.1. The van der Waals surface area contributed by atoms with E-state index in [0.29, 0.717) is 0 Å². The van der Waals surface area contributed by atoms with Crippen LogP contribution in [-0.4, -0.2) is 9.13 Å². The molecular formula is C56H36N2O. The molecule has 0 spiro atoms. The number of allylic oxidation sites excluding steroid dienone is 2. The molecule has 3 heterocycles. The molecule has 0 unspecified atom stereocenters. The number of rotatable bonds is 6. The fourth-order valence-electron chi connectivity index (χ4n) is 9.57. The van der Waals surface area contributed by atoms with Crippen LogP contribution < -0.4 is 4.74 Å². The van der Waals surface area contributed by atoms with Crippen LogP contribution in [0.5, 0.6) is 11.5 Å². The highest BCUT2D eigenvalue weighted by molar-refractivity contribution is 6.15. The molecule has 0 fully saturated rings. The first-order valence-corrected chi connectivity index (χ1v) is 20.1. The van der Waals surface area contributed by atoms with Crippen molar-refractivity contribution in [1.82, 2.24) is 9.13 Å². The van der Waals surface area contributed by atoms with Gasteiger partial charge in [-0.2, -0.15) is 0 Å². The Morgan fingerprint density at radius 1 is 0.441 bits per heavy atom. The van der Waals surface area contributed by atoms with E-state index < -0.39 is 0 Å². The Labute approximate surface area is 341 Å². The van der Waals surface area contributed by atoms with E-state index in [1.165, 1.54) is 65.7 Å². The zero-order chi connectivity index (χ0) is 39.0. The van der Waals surface area contributed by atoms with E-state index in [9.17, 15) is 0 Å². The van der Waals surface area contributed by atoms with E-state index in [0.717, 1.165) is 50.5 Å². The van der Waals surface area contributed by atoms with E-state index >= 15 is 0 Å². The first-order chi connectivity index (χ1) is 29.2. The second-order valence-corrected chi connectivity index (χ2v) is 15.3. The maximum atomic E-state index is 7.04. The summed E-state index contributed by atoms with van der Waals surface area (Å²) in [6, 6.07) is 69.8. The largest absolute Gasteiger partial charge is 0.455 e. The average Bonchev–Trinajstić information content (AvgIpc) is 3.81. The molecule has 11 aromatic rings. The minimum absolute atomic E-state index is 0.857. The van der Waals surface area contributed by atoms with Gasteiger partial charge >= 0.3 is 0 Å². The zero-order valence-corrected chi connectivity index (χ0v) is 32.1. The molecule has 0 N–H and O–H groups in total. The molecule has 0 radical (unpaired) electrons. The summed E-state index contributed by atoms with van der Waals surface area (Å²) >= 11 is 0. The number of nitrogens with zero attached hydrogens (tertiary/aromatic N) is 2. The molecule has 1 aliphatic rings. The molecule has 3 heteroatoms. The van der Waals surface area contributed by atoms with Crippen LogP contribution in [0.25, 0.3) is 93.6 Å². The minimum Gasteiger partial charge on any atom is -0.455 e. The Morgan fingerprint density at radius 2 is 1.02 bits per heavy atom. The second kappa shape index (κ2) is 13.1. The van der Waals surface area contributed by atoms with Crippen LogP contribution in [0.4, 0.5) is 0 Å². The quantitative estimate of drug-likeness (QED) is 0.155. The van der Waals surface area contributed by atoms with Gasteiger partial charge in [0.15, 0.2) is 0 Å². The summed E-state index contributed by atoms with van der Waals surface area (Å²) < 4.78 is 11.8. The monoisotopic (exact) mass is 752 g/mol. The standard InChI is InChI=1S/C56H36N2O/c1-2-15-40(36-28-31-52-48(34-36)42-20-9-11-26-50(42)57(52)38-16-5-3-6-17-38)46-24-14-25-47-45-23-13-22-44-41(30-33-54(55(44)45)59-56(46)47)37-29-32-53-49(35-37)43-21-10-12-27-51(43)58(53)39-18-7-4-8-19-39/h2-35H,1H2/b40-15-. The van der Waals surface area contributed by atoms with Crippen molar-refractivity contribution in [2.24, 2.45) is 0 Å². The molecule has 59 heavy (non-hydrogen) atoms. The van der Waals surface area contributed by atoms with E-state index in [4.69, 9.17) is 4.74 Å². The topological polar surface area (TPSA) is 19.1 Å². The molecule has 0 aliphatic carbocycles. The Balaban J connectivity index is 0.995.